The average Bonchev–Trinajstić information content (AvgIpc) is 3.11. The predicted molar refractivity (Wildman–Crippen MR) is 118 cm³/mol. The van der Waals surface area contributed by atoms with Gasteiger partial charge in [0.2, 0.25) is 5.91 Å². The first kappa shape index (κ1) is 21.6. The molecule has 0 saturated heterocycles. The zero-order chi connectivity index (χ0) is 22.6. The molecule has 0 saturated carbocycles. The Kier molecular flexibility index (Phi) is 6.28. The van der Waals surface area contributed by atoms with Crippen LogP contribution in [0, 0.1) is 0 Å². The SMILES string of the molecule is O=C(Cc1cn(Cc2ccccc2)c2ccccc12)NNCc1cccc(C(F)(F)F)c1. The van der Waals surface area contributed by atoms with E-state index in [0.717, 1.165) is 34.2 Å². The highest BCUT2D eigenvalue weighted by molar-refractivity contribution is 5.89. The highest BCUT2D eigenvalue weighted by atomic mass is 19.4. The predicted octanol–water partition coefficient (Wildman–Crippen LogP) is 5.07. The molecule has 1 amide bonds. The van der Waals surface area contributed by atoms with Crippen molar-refractivity contribution in [3.63, 3.8) is 0 Å². The molecule has 0 aliphatic heterocycles. The number of alkyl halides is 3. The molecule has 0 unspecified atom stereocenters. The molecule has 0 spiro atoms. The molecule has 4 aromatic rings. The van der Waals surface area contributed by atoms with E-state index in [1.807, 2.05) is 48.7 Å². The molecule has 32 heavy (non-hydrogen) atoms. The zero-order valence-corrected chi connectivity index (χ0v) is 17.2. The van der Waals surface area contributed by atoms with Gasteiger partial charge in [-0.15, -0.1) is 0 Å². The van der Waals surface area contributed by atoms with E-state index < -0.39 is 11.7 Å². The van der Waals surface area contributed by atoms with Gasteiger partial charge in [0.05, 0.1) is 12.0 Å². The molecule has 7 heteroatoms. The molecular weight excluding hydrogens is 415 g/mol. The molecule has 4 nitrogen and oxygen atoms in total. The van der Waals surface area contributed by atoms with Crippen molar-refractivity contribution in [2.24, 2.45) is 0 Å². The van der Waals surface area contributed by atoms with E-state index in [-0.39, 0.29) is 18.9 Å². The lowest BCUT2D eigenvalue weighted by atomic mass is 10.1. The van der Waals surface area contributed by atoms with Crippen molar-refractivity contribution in [1.82, 2.24) is 15.4 Å². The lowest BCUT2D eigenvalue weighted by Gasteiger charge is -2.10. The van der Waals surface area contributed by atoms with Gasteiger partial charge >= 0.3 is 6.18 Å². The average molecular weight is 437 g/mol. The number of para-hydroxylation sites is 1. The summed E-state index contributed by atoms with van der Waals surface area (Å²) >= 11 is 0. The van der Waals surface area contributed by atoms with Crippen LogP contribution in [0.1, 0.15) is 22.3 Å². The van der Waals surface area contributed by atoms with Crippen LogP contribution in [-0.4, -0.2) is 10.5 Å². The van der Waals surface area contributed by atoms with Gasteiger partial charge in [-0.3, -0.25) is 10.2 Å². The van der Waals surface area contributed by atoms with Crippen molar-refractivity contribution < 1.29 is 18.0 Å². The number of nitrogens with zero attached hydrogens (tertiary/aromatic N) is 1. The summed E-state index contributed by atoms with van der Waals surface area (Å²) in [6.07, 6.45) is -2.27. The minimum absolute atomic E-state index is 0.0887. The minimum atomic E-state index is -4.40. The Morgan fingerprint density at radius 2 is 1.59 bits per heavy atom. The second-order valence-corrected chi connectivity index (χ2v) is 7.56. The molecule has 0 aliphatic carbocycles. The molecule has 164 valence electrons. The number of rotatable bonds is 7. The van der Waals surface area contributed by atoms with Gasteiger partial charge in [-0.25, -0.2) is 5.43 Å². The normalized spacial score (nSPS) is 11.6. The Morgan fingerprint density at radius 1 is 0.875 bits per heavy atom. The second kappa shape index (κ2) is 9.28. The monoisotopic (exact) mass is 437 g/mol. The van der Waals surface area contributed by atoms with Gasteiger partial charge in [0.1, 0.15) is 0 Å². The van der Waals surface area contributed by atoms with Crippen LogP contribution in [0.5, 0.6) is 0 Å². The van der Waals surface area contributed by atoms with Gasteiger partial charge in [0.15, 0.2) is 0 Å². The van der Waals surface area contributed by atoms with Gasteiger partial charge in [-0.05, 0) is 28.8 Å². The molecule has 0 fully saturated rings. The van der Waals surface area contributed by atoms with Crippen LogP contribution in [0.4, 0.5) is 13.2 Å². The zero-order valence-electron chi connectivity index (χ0n) is 17.2. The van der Waals surface area contributed by atoms with Crippen molar-refractivity contribution in [3.8, 4) is 0 Å². The maximum Gasteiger partial charge on any atom is 0.416 e. The first-order valence-corrected chi connectivity index (χ1v) is 10.2. The third-order valence-electron chi connectivity index (χ3n) is 5.19. The molecule has 0 aliphatic rings. The summed E-state index contributed by atoms with van der Waals surface area (Å²) in [7, 11) is 0. The number of amides is 1. The number of carbonyl (C=O) groups excluding carboxylic acids is 1. The minimum Gasteiger partial charge on any atom is -0.343 e. The summed E-state index contributed by atoms with van der Waals surface area (Å²) in [4.78, 5) is 12.5. The summed E-state index contributed by atoms with van der Waals surface area (Å²) in [5, 5.41) is 0.997. The summed E-state index contributed by atoms with van der Waals surface area (Å²) in [5.74, 6) is -0.264. The van der Waals surface area contributed by atoms with Gasteiger partial charge in [0.25, 0.3) is 0 Å². The Bertz CT molecular complexity index is 1220. The summed E-state index contributed by atoms with van der Waals surface area (Å²) in [5.41, 5.74) is 8.10. The maximum atomic E-state index is 12.8. The molecule has 0 atom stereocenters. The van der Waals surface area contributed by atoms with Crippen LogP contribution < -0.4 is 10.9 Å². The highest BCUT2D eigenvalue weighted by Crippen LogP contribution is 2.29. The van der Waals surface area contributed by atoms with E-state index in [9.17, 15) is 18.0 Å². The Balaban J connectivity index is 1.41. The van der Waals surface area contributed by atoms with Crippen LogP contribution in [0.3, 0.4) is 0 Å². The third-order valence-corrected chi connectivity index (χ3v) is 5.19. The quantitative estimate of drug-likeness (QED) is 0.397. The molecule has 4 rings (SSSR count). The first-order valence-electron chi connectivity index (χ1n) is 10.2. The Morgan fingerprint density at radius 3 is 2.38 bits per heavy atom. The Hall–Kier alpha value is -3.58. The lowest BCUT2D eigenvalue weighted by Crippen LogP contribution is -2.37. The summed E-state index contributed by atoms with van der Waals surface area (Å²) in [6.45, 7) is 0.780. The first-order chi connectivity index (χ1) is 15.4. The van der Waals surface area contributed by atoms with E-state index >= 15 is 0 Å². The topological polar surface area (TPSA) is 46.1 Å². The van der Waals surface area contributed by atoms with Gasteiger partial charge in [0, 0.05) is 30.2 Å². The van der Waals surface area contributed by atoms with Crippen molar-refractivity contribution in [2.75, 3.05) is 0 Å². The largest absolute Gasteiger partial charge is 0.416 e. The van der Waals surface area contributed by atoms with E-state index in [1.54, 1.807) is 6.07 Å². The third kappa shape index (κ3) is 5.18. The molecule has 0 bridgehead atoms. The van der Waals surface area contributed by atoms with Crippen LogP contribution in [0.25, 0.3) is 10.9 Å². The molecule has 3 aromatic carbocycles. The number of halogens is 3. The summed E-state index contributed by atoms with van der Waals surface area (Å²) < 4.78 is 40.6. The van der Waals surface area contributed by atoms with Crippen LogP contribution in [-0.2, 0) is 30.5 Å². The molecule has 1 heterocycles. The lowest BCUT2D eigenvalue weighted by molar-refractivity contribution is -0.137. The van der Waals surface area contributed by atoms with Gasteiger partial charge < -0.3 is 4.57 Å². The van der Waals surface area contributed by atoms with Gasteiger partial charge in [-0.2, -0.15) is 13.2 Å². The van der Waals surface area contributed by atoms with Gasteiger partial charge in [-0.1, -0.05) is 66.7 Å². The number of aromatic nitrogens is 1. The number of fused-ring (bicyclic) bond motifs is 1. The number of hydrogen-bond acceptors (Lipinski definition) is 2. The standard InChI is InChI=1S/C25H22F3N3O/c26-25(27,28)21-10-6-9-19(13-21)15-29-30-24(32)14-20-17-31(16-18-7-2-1-3-8-18)23-12-5-4-11-22(20)23/h1-13,17,29H,14-16H2,(H,30,32). The van der Waals surface area contributed by atoms with E-state index in [1.165, 1.54) is 6.07 Å². The highest BCUT2D eigenvalue weighted by Gasteiger charge is 2.30. The van der Waals surface area contributed by atoms with E-state index in [0.29, 0.717) is 12.1 Å². The number of benzene rings is 3. The Labute approximate surface area is 183 Å². The maximum absolute atomic E-state index is 12.8. The van der Waals surface area contributed by atoms with Crippen LogP contribution in [0.15, 0.2) is 85.1 Å². The molecule has 0 radical (unpaired) electrons. The molecule has 1 aromatic heterocycles. The molecule has 2 N–H and O–H groups in total. The van der Waals surface area contributed by atoms with E-state index in [4.69, 9.17) is 0 Å². The number of hydrazine groups is 1. The van der Waals surface area contributed by atoms with E-state index in [2.05, 4.69) is 27.6 Å². The van der Waals surface area contributed by atoms with Crippen molar-refractivity contribution in [3.05, 3.63) is 107 Å². The van der Waals surface area contributed by atoms with Crippen LogP contribution >= 0.6 is 0 Å². The van der Waals surface area contributed by atoms with Crippen LogP contribution in [0.2, 0.25) is 0 Å². The fourth-order valence-corrected chi connectivity index (χ4v) is 3.69. The smallest absolute Gasteiger partial charge is 0.343 e. The van der Waals surface area contributed by atoms with Crippen molar-refractivity contribution >= 4 is 16.8 Å². The molecular formula is C25H22F3N3O. The summed E-state index contributed by atoms with van der Waals surface area (Å²) in [6, 6.07) is 23.0. The number of nitrogens with one attached hydrogen (secondary N) is 2. The van der Waals surface area contributed by atoms with Crippen molar-refractivity contribution in [2.45, 2.75) is 25.7 Å². The number of hydrogen-bond donors (Lipinski definition) is 2. The number of carbonyl (C=O) groups is 1. The van der Waals surface area contributed by atoms with Crippen molar-refractivity contribution in [1.29, 1.82) is 0 Å². The fraction of sp³-hybridized carbons (Fsp3) is 0.160. The fourth-order valence-electron chi connectivity index (χ4n) is 3.69. The second-order valence-electron chi connectivity index (χ2n) is 7.56.